The molecule has 8 nitrogen and oxygen atoms in total. The van der Waals surface area contributed by atoms with E-state index in [2.05, 4.69) is 24.2 Å². The Kier molecular flexibility index (Phi) is 6.09. The van der Waals surface area contributed by atoms with Gasteiger partial charge in [-0.15, -0.1) is 0 Å². The number of Topliss-reactive ketones (excluding diaryl/α,β-unsaturated/α-hetero) is 1. The van der Waals surface area contributed by atoms with Crippen LogP contribution in [0.25, 0.3) is 0 Å². The first-order chi connectivity index (χ1) is 16.5. The molecular formula is C27H31N3O5. The van der Waals surface area contributed by atoms with Crippen molar-refractivity contribution in [2.75, 3.05) is 26.6 Å². The predicted octanol–water partition coefficient (Wildman–Crippen LogP) is 4.54. The third-order valence-electron chi connectivity index (χ3n) is 6.68. The summed E-state index contributed by atoms with van der Waals surface area (Å²) in [6.07, 6.45) is 3.05. The van der Waals surface area contributed by atoms with Crippen molar-refractivity contribution in [3.8, 4) is 17.2 Å². The van der Waals surface area contributed by atoms with E-state index in [0.717, 1.165) is 23.3 Å². The van der Waals surface area contributed by atoms with E-state index >= 15 is 0 Å². The first-order valence-corrected chi connectivity index (χ1v) is 11.4. The number of hydrogen-bond donors (Lipinski definition) is 2. The number of aliphatic imine (C=N–C) groups is 1. The highest BCUT2D eigenvalue weighted by atomic mass is 16.5. The van der Waals surface area contributed by atoms with E-state index in [1.54, 1.807) is 18.2 Å². The fourth-order valence-electron chi connectivity index (χ4n) is 4.97. The molecule has 0 radical (unpaired) electrons. The number of primary amides is 1. The standard InChI is InChI=1S/C27H31N3O5/c1-26(2)12-19-23(20(31)13-26)27(3,14-29-19)15-7-8-17(25(28)32)18(9-15)30-16-10-21(33-4)24(35-6)22(11-16)34-5/h7-11,14,30H,12-13H2,1-6H3,(H2,28,32). The molecule has 3 N–H and O–H groups in total. The normalized spacial score (nSPS) is 20.5. The average Bonchev–Trinajstić information content (AvgIpc) is 3.14. The van der Waals surface area contributed by atoms with Crippen LogP contribution in [0.4, 0.5) is 11.4 Å². The SMILES string of the molecule is COc1cc(Nc2cc(C3(C)C=NC4=C3C(=O)CC(C)(C)C4)ccc2C(N)=O)cc(OC)c1OC. The average molecular weight is 478 g/mol. The zero-order chi connectivity index (χ0) is 25.5. The number of anilines is 2. The van der Waals surface area contributed by atoms with Crippen molar-refractivity contribution < 1.29 is 23.8 Å². The maximum Gasteiger partial charge on any atom is 0.250 e. The van der Waals surface area contributed by atoms with Gasteiger partial charge >= 0.3 is 0 Å². The van der Waals surface area contributed by atoms with Crippen molar-refractivity contribution in [3.05, 3.63) is 52.7 Å². The van der Waals surface area contributed by atoms with Gasteiger partial charge in [-0.2, -0.15) is 0 Å². The van der Waals surface area contributed by atoms with Gasteiger partial charge in [-0.05, 0) is 36.5 Å². The number of ether oxygens (including phenoxy) is 3. The quantitative estimate of drug-likeness (QED) is 0.605. The van der Waals surface area contributed by atoms with Crippen LogP contribution in [0, 0.1) is 5.41 Å². The molecule has 1 atom stereocenters. The number of carbonyl (C=O) groups excluding carboxylic acids is 2. The first kappa shape index (κ1) is 24.3. The Hall–Kier alpha value is -3.81. The molecule has 8 heteroatoms. The molecule has 35 heavy (non-hydrogen) atoms. The summed E-state index contributed by atoms with van der Waals surface area (Å²) in [7, 11) is 4.60. The van der Waals surface area contributed by atoms with E-state index in [9.17, 15) is 9.59 Å². The van der Waals surface area contributed by atoms with E-state index in [0.29, 0.717) is 40.6 Å². The molecule has 1 aliphatic heterocycles. The minimum atomic E-state index is -0.704. The summed E-state index contributed by atoms with van der Waals surface area (Å²) < 4.78 is 16.3. The summed E-state index contributed by atoms with van der Waals surface area (Å²) in [5.41, 5.74) is 8.68. The number of benzene rings is 2. The lowest BCUT2D eigenvalue weighted by atomic mass is 9.68. The molecule has 2 aromatic carbocycles. The molecule has 0 aromatic heterocycles. The van der Waals surface area contributed by atoms with Crippen molar-refractivity contribution in [2.24, 2.45) is 16.1 Å². The number of rotatable bonds is 7. The second-order valence-corrected chi connectivity index (χ2v) is 9.89. The van der Waals surface area contributed by atoms with Crippen LogP contribution in [0.15, 0.2) is 46.6 Å². The minimum Gasteiger partial charge on any atom is -0.493 e. The minimum absolute atomic E-state index is 0.106. The fourth-order valence-corrected chi connectivity index (χ4v) is 4.97. The Bertz CT molecular complexity index is 1250. The number of methoxy groups -OCH3 is 3. The zero-order valence-electron chi connectivity index (χ0n) is 20.9. The van der Waals surface area contributed by atoms with Crippen LogP contribution in [-0.4, -0.2) is 39.2 Å². The molecule has 2 aliphatic rings. The van der Waals surface area contributed by atoms with Crippen LogP contribution in [0.5, 0.6) is 17.2 Å². The molecule has 0 saturated heterocycles. The van der Waals surface area contributed by atoms with Crippen molar-refractivity contribution in [2.45, 2.75) is 39.0 Å². The Balaban J connectivity index is 1.79. The van der Waals surface area contributed by atoms with Crippen LogP contribution < -0.4 is 25.3 Å². The number of carbonyl (C=O) groups is 2. The third-order valence-corrected chi connectivity index (χ3v) is 6.68. The summed E-state index contributed by atoms with van der Waals surface area (Å²) >= 11 is 0. The van der Waals surface area contributed by atoms with Crippen LogP contribution in [0.3, 0.4) is 0 Å². The molecule has 184 valence electrons. The molecule has 2 aromatic rings. The summed E-state index contributed by atoms with van der Waals surface area (Å²) in [6.45, 7) is 6.15. The lowest BCUT2D eigenvalue weighted by molar-refractivity contribution is -0.118. The van der Waals surface area contributed by atoms with Crippen molar-refractivity contribution >= 4 is 29.3 Å². The first-order valence-electron chi connectivity index (χ1n) is 11.4. The topological polar surface area (TPSA) is 112 Å². The van der Waals surface area contributed by atoms with Gasteiger partial charge in [0.25, 0.3) is 5.91 Å². The van der Waals surface area contributed by atoms with Gasteiger partial charge in [-0.1, -0.05) is 19.9 Å². The summed E-state index contributed by atoms with van der Waals surface area (Å²) in [5, 5.41) is 3.27. The van der Waals surface area contributed by atoms with Crippen LogP contribution >= 0.6 is 0 Å². The summed E-state index contributed by atoms with van der Waals surface area (Å²) in [4.78, 5) is 30.1. The van der Waals surface area contributed by atoms with E-state index in [1.807, 2.05) is 25.3 Å². The molecular weight excluding hydrogens is 446 g/mol. The summed E-state index contributed by atoms with van der Waals surface area (Å²) in [5.74, 6) is 0.913. The largest absolute Gasteiger partial charge is 0.493 e. The fraction of sp³-hybridized carbons (Fsp3) is 0.370. The van der Waals surface area contributed by atoms with Gasteiger partial charge in [0.1, 0.15) is 0 Å². The smallest absolute Gasteiger partial charge is 0.250 e. The van der Waals surface area contributed by atoms with Crippen molar-refractivity contribution in [1.82, 2.24) is 0 Å². The van der Waals surface area contributed by atoms with Gasteiger partial charge in [0.15, 0.2) is 17.3 Å². The molecule has 0 bridgehead atoms. The second kappa shape index (κ2) is 8.76. The monoisotopic (exact) mass is 477 g/mol. The molecule has 0 saturated carbocycles. The Morgan fingerprint density at radius 2 is 1.66 bits per heavy atom. The van der Waals surface area contributed by atoms with Crippen LogP contribution in [0.1, 0.15) is 49.5 Å². The van der Waals surface area contributed by atoms with Gasteiger partial charge in [-0.25, -0.2) is 0 Å². The number of amides is 1. The van der Waals surface area contributed by atoms with Crippen LogP contribution in [0.2, 0.25) is 0 Å². The maximum absolute atomic E-state index is 13.2. The van der Waals surface area contributed by atoms with E-state index in [4.69, 9.17) is 19.9 Å². The molecule has 1 unspecified atom stereocenters. The van der Waals surface area contributed by atoms with E-state index in [-0.39, 0.29) is 11.2 Å². The Morgan fingerprint density at radius 1 is 1.00 bits per heavy atom. The number of nitrogens with one attached hydrogen (secondary N) is 1. The molecule has 1 amide bonds. The molecule has 4 rings (SSSR count). The van der Waals surface area contributed by atoms with Crippen molar-refractivity contribution in [3.63, 3.8) is 0 Å². The van der Waals surface area contributed by atoms with E-state index in [1.165, 1.54) is 21.3 Å². The van der Waals surface area contributed by atoms with Crippen LogP contribution in [-0.2, 0) is 10.2 Å². The number of hydrogen-bond acceptors (Lipinski definition) is 7. The van der Waals surface area contributed by atoms with Crippen molar-refractivity contribution in [1.29, 1.82) is 0 Å². The Morgan fingerprint density at radius 3 is 2.23 bits per heavy atom. The molecule has 0 fully saturated rings. The molecule has 1 heterocycles. The number of ketones is 1. The maximum atomic E-state index is 13.2. The Labute approximate surface area is 205 Å². The van der Waals surface area contributed by atoms with Gasteiger partial charge in [-0.3, -0.25) is 14.6 Å². The highest BCUT2D eigenvalue weighted by Gasteiger charge is 2.45. The number of nitrogens with two attached hydrogens (primary N) is 1. The number of allylic oxidation sites excluding steroid dienone is 2. The van der Waals surface area contributed by atoms with E-state index < -0.39 is 11.3 Å². The van der Waals surface area contributed by atoms with Gasteiger partial charge < -0.3 is 25.3 Å². The molecule has 0 spiro atoms. The highest BCUT2D eigenvalue weighted by Crippen LogP contribution is 2.48. The second-order valence-electron chi connectivity index (χ2n) is 9.89. The van der Waals surface area contributed by atoms with Gasteiger partial charge in [0, 0.05) is 41.7 Å². The van der Waals surface area contributed by atoms with Gasteiger partial charge in [0.2, 0.25) is 5.75 Å². The molecule has 1 aliphatic carbocycles. The lowest BCUT2D eigenvalue weighted by Crippen LogP contribution is -2.34. The lowest BCUT2D eigenvalue weighted by Gasteiger charge is -2.34. The zero-order valence-corrected chi connectivity index (χ0v) is 20.9. The highest BCUT2D eigenvalue weighted by molar-refractivity contribution is 6.08. The third kappa shape index (κ3) is 4.24. The number of nitrogens with zero attached hydrogens (tertiary/aromatic N) is 1. The summed E-state index contributed by atoms with van der Waals surface area (Å²) in [6, 6.07) is 8.83. The predicted molar refractivity (Wildman–Crippen MR) is 135 cm³/mol. The van der Waals surface area contributed by atoms with Gasteiger partial charge in [0.05, 0.1) is 38.0 Å².